The zero-order chi connectivity index (χ0) is 19.4. The van der Waals surface area contributed by atoms with Crippen LogP contribution in [0.3, 0.4) is 0 Å². The Bertz CT molecular complexity index is 1140. The lowest BCUT2D eigenvalue weighted by Crippen LogP contribution is -2.31. The first kappa shape index (κ1) is 17.3. The van der Waals surface area contributed by atoms with E-state index in [0.717, 1.165) is 11.9 Å². The summed E-state index contributed by atoms with van der Waals surface area (Å²) in [7, 11) is 0. The van der Waals surface area contributed by atoms with Crippen molar-refractivity contribution in [2.75, 3.05) is 18.5 Å². The Balaban J connectivity index is 1.75. The van der Waals surface area contributed by atoms with Crippen molar-refractivity contribution in [2.24, 2.45) is 10.7 Å². The van der Waals surface area contributed by atoms with E-state index in [2.05, 4.69) is 15.3 Å². The lowest BCUT2D eigenvalue weighted by atomic mass is 10.1. The molecule has 3 aromatic rings. The van der Waals surface area contributed by atoms with Crippen LogP contribution >= 0.6 is 23.2 Å². The molecule has 3 heterocycles. The Morgan fingerprint density at radius 2 is 1.89 bits per heavy atom. The van der Waals surface area contributed by atoms with Crippen LogP contribution in [0.15, 0.2) is 29.3 Å². The molecule has 10 heteroatoms. The van der Waals surface area contributed by atoms with Gasteiger partial charge in [0.15, 0.2) is 23.6 Å². The number of rotatable bonds is 1. The largest absolute Gasteiger partial charge is 0.506 e. The number of phenolic OH excluding ortho intramolecular Hbond substituents is 1. The van der Waals surface area contributed by atoms with Crippen molar-refractivity contribution in [3.8, 4) is 17.2 Å². The van der Waals surface area contributed by atoms with Crippen LogP contribution in [-0.2, 0) is 0 Å². The van der Waals surface area contributed by atoms with Crippen molar-refractivity contribution in [1.82, 2.24) is 9.55 Å². The van der Waals surface area contributed by atoms with Gasteiger partial charge in [-0.3, -0.25) is 9.88 Å². The number of nitrogens with two attached hydrogens (primary N) is 1. The van der Waals surface area contributed by atoms with Crippen LogP contribution in [0.25, 0.3) is 11.0 Å². The molecule has 0 bridgehead atoms. The molecule has 28 heavy (non-hydrogen) atoms. The van der Waals surface area contributed by atoms with Crippen LogP contribution in [0.5, 0.6) is 17.2 Å². The number of benzene rings is 2. The topological polar surface area (TPSA) is 107 Å². The Labute approximate surface area is 169 Å². The van der Waals surface area contributed by atoms with Gasteiger partial charge in [0, 0.05) is 29.1 Å². The van der Waals surface area contributed by atoms with Gasteiger partial charge in [0.05, 0.1) is 29.3 Å². The summed E-state index contributed by atoms with van der Waals surface area (Å²) < 4.78 is 13.4. The molecule has 5 rings (SSSR count). The first-order valence-corrected chi connectivity index (χ1v) is 9.36. The van der Waals surface area contributed by atoms with Crippen LogP contribution in [-0.4, -0.2) is 33.8 Å². The fourth-order valence-electron chi connectivity index (χ4n) is 3.42. The van der Waals surface area contributed by atoms with Gasteiger partial charge in [0.1, 0.15) is 5.75 Å². The molecule has 0 unspecified atom stereocenters. The molecule has 0 radical (unpaired) electrons. The number of phenols is 1. The van der Waals surface area contributed by atoms with Crippen molar-refractivity contribution in [2.45, 2.75) is 12.6 Å². The normalized spacial score (nSPS) is 18.2. The number of ether oxygens (including phenoxy) is 2. The monoisotopic (exact) mass is 419 g/mol. The molecule has 0 spiro atoms. The zero-order valence-electron chi connectivity index (χ0n) is 14.4. The van der Waals surface area contributed by atoms with Crippen molar-refractivity contribution < 1.29 is 14.6 Å². The zero-order valence-corrected chi connectivity index (χ0v) is 16.0. The van der Waals surface area contributed by atoms with Gasteiger partial charge in [-0.15, -0.1) is 0 Å². The van der Waals surface area contributed by atoms with E-state index in [1.165, 1.54) is 6.07 Å². The lowest BCUT2D eigenvalue weighted by Gasteiger charge is -2.25. The van der Waals surface area contributed by atoms with Crippen molar-refractivity contribution in [1.29, 1.82) is 0 Å². The van der Waals surface area contributed by atoms with Crippen LogP contribution in [0.4, 0.5) is 5.95 Å². The number of anilines is 1. The minimum Gasteiger partial charge on any atom is -0.506 e. The molecule has 0 amide bonds. The summed E-state index contributed by atoms with van der Waals surface area (Å²) in [6, 6.07) is 6.74. The Hall–Kier alpha value is -2.84. The molecule has 0 saturated carbocycles. The third-order valence-electron chi connectivity index (χ3n) is 4.64. The molecule has 1 atom stereocenters. The Morgan fingerprint density at radius 3 is 2.68 bits per heavy atom. The van der Waals surface area contributed by atoms with Crippen LogP contribution in [0.2, 0.25) is 10.0 Å². The maximum absolute atomic E-state index is 10.5. The molecular weight excluding hydrogens is 405 g/mol. The minimum absolute atomic E-state index is 0.114. The average Bonchev–Trinajstić information content (AvgIpc) is 2.83. The van der Waals surface area contributed by atoms with E-state index in [1.54, 1.807) is 6.07 Å². The van der Waals surface area contributed by atoms with Crippen LogP contribution < -0.4 is 20.5 Å². The average molecular weight is 420 g/mol. The molecule has 4 N–H and O–H groups in total. The SMILES string of the molecule is NC1=N[C@H](c2cc(Cl)cc(Cl)c2O)n2c(nc3cc4c(cc32)OCCCO4)N1. The van der Waals surface area contributed by atoms with Gasteiger partial charge >= 0.3 is 0 Å². The summed E-state index contributed by atoms with van der Waals surface area (Å²) in [6.45, 7) is 1.15. The van der Waals surface area contributed by atoms with E-state index in [4.69, 9.17) is 38.4 Å². The highest BCUT2D eigenvalue weighted by molar-refractivity contribution is 6.35. The quantitative estimate of drug-likeness (QED) is 0.557. The summed E-state index contributed by atoms with van der Waals surface area (Å²) in [4.78, 5) is 9.05. The number of hydrogen-bond acceptors (Lipinski definition) is 7. The number of imidazole rings is 1. The highest BCUT2D eigenvalue weighted by atomic mass is 35.5. The fourth-order valence-corrected chi connectivity index (χ4v) is 3.92. The van der Waals surface area contributed by atoms with E-state index in [1.807, 2.05) is 16.7 Å². The number of hydrogen-bond donors (Lipinski definition) is 3. The maximum Gasteiger partial charge on any atom is 0.212 e. The van der Waals surface area contributed by atoms with Crippen molar-refractivity contribution in [3.05, 3.63) is 39.9 Å². The number of fused-ring (bicyclic) bond motifs is 4. The van der Waals surface area contributed by atoms with Gasteiger partial charge in [-0.25, -0.2) is 9.98 Å². The van der Waals surface area contributed by atoms with Gasteiger partial charge in [-0.1, -0.05) is 23.2 Å². The Morgan fingerprint density at radius 1 is 1.14 bits per heavy atom. The predicted octanol–water partition coefficient (Wildman–Crippen LogP) is 3.50. The fraction of sp³-hybridized carbons (Fsp3) is 0.222. The van der Waals surface area contributed by atoms with E-state index >= 15 is 0 Å². The van der Waals surface area contributed by atoms with Gasteiger partial charge < -0.3 is 20.3 Å². The highest BCUT2D eigenvalue weighted by Gasteiger charge is 2.29. The first-order chi connectivity index (χ1) is 13.5. The first-order valence-electron chi connectivity index (χ1n) is 8.61. The second-order valence-electron chi connectivity index (χ2n) is 6.48. The number of nitrogens with zero attached hydrogens (tertiary/aromatic N) is 3. The molecule has 2 aromatic carbocycles. The number of aromatic nitrogens is 2. The number of aliphatic imine (C=N–C) groups is 1. The second-order valence-corrected chi connectivity index (χ2v) is 7.33. The number of nitrogens with one attached hydrogen (secondary N) is 1. The van der Waals surface area contributed by atoms with Gasteiger partial charge in [0.2, 0.25) is 5.95 Å². The van der Waals surface area contributed by atoms with Crippen LogP contribution in [0.1, 0.15) is 18.2 Å². The maximum atomic E-state index is 10.5. The van der Waals surface area contributed by atoms with Gasteiger partial charge in [-0.2, -0.15) is 0 Å². The number of guanidine groups is 1. The van der Waals surface area contributed by atoms with E-state index in [0.29, 0.717) is 46.8 Å². The van der Waals surface area contributed by atoms with E-state index in [9.17, 15) is 5.11 Å². The molecular formula is C18H15Cl2N5O3. The summed E-state index contributed by atoms with van der Waals surface area (Å²) in [5.41, 5.74) is 7.78. The molecule has 0 aliphatic carbocycles. The van der Waals surface area contributed by atoms with Crippen molar-refractivity contribution in [3.63, 3.8) is 0 Å². The van der Waals surface area contributed by atoms with Crippen molar-refractivity contribution >= 4 is 46.1 Å². The summed E-state index contributed by atoms with van der Waals surface area (Å²) in [5, 5.41) is 14.0. The van der Waals surface area contributed by atoms with Crippen LogP contribution in [0, 0.1) is 0 Å². The lowest BCUT2D eigenvalue weighted by molar-refractivity contribution is 0.297. The van der Waals surface area contributed by atoms with Gasteiger partial charge in [-0.05, 0) is 12.1 Å². The smallest absolute Gasteiger partial charge is 0.212 e. The van der Waals surface area contributed by atoms with E-state index in [-0.39, 0.29) is 16.7 Å². The summed E-state index contributed by atoms with van der Waals surface area (Å²) >= 11 is 12.3. The molecule has 8 nitrogen and oxygen atoms in total. The molecule has 2 aliphatic heterocycles. The molecule has 1 aromatic heterocycles. The van der Waals surface area contributed by atoms with E-state index < -0.39 is 6.17 Å². The molecule has 2 aliphatic rings. The summed E-state index contributed by atoms with van der Waals surface area (Å²) in [6.07, 6.45) is 0.0967. The number of aromatic hydroxyl groups is 1. The van der Waals surface area contributed by atoms with Gasteiger partial charge in [0.25, 0.3) is 0 Å². The Kier molecular flexibility index (Phi) is 3.92. The second kappa shape index (κ2) is 6.35. The molecule has 0 fully saturated rings. The summed E-state index contributed by atoms with van der Waals surface area (Å²) in [5.74, 6) is 1.79. The third kappa shape index (κ3) is 2.68. The molecule has 0 saturated heterocycles. The third-order valence-corrected chi connectivity index (χ3v) is 5.15. The number of halogens is 2. The molecule has 144 valence electrons. The predicted molar refractivity (Wildman–Crippen MR) is 107 cm³/mol. The highest BCUT2D eigenvalue weighted by Crippen LogP contribution is 2.42. The standard InChI is InChI=1S/C18H15Cl2N5O3/c19-8-4-9(15(26)10(20)5-8)16-23-17(21)24-18-22-11-6-13-14(7-12(11)25(16)18)28-3-1-2-27-13/h4-7,16,26H,1-3H2,(H3,21,22,23,24)/t16-/m0/s1. The minimum atomic E-state index is -0.706.